The maximum absolute atomic E-state index is 4.49. The highest BCUT2D eigenvalue weighted by Gasteiger charge is 2.22. The molecular weight excluding hydrogens is 298 g/mol. The fourth-order valence-corrected chi connectivity index (χ4v) is 3.43. The molecule has 1 aliphatic heterocycles. The van der Waals surface area contributed by atoms with Crippen molar-refractivity contribution in [2.45, 2.75) is 25.8 Å². The van der Waals surface area contributed by atoms with Crippen molar-refractivity contribution in [2.75, 3.05) is 23.3 Å². The van der Waals surface area contributed by atoms with Gasteiger partial charge in [-0.15, -0.1) is 5.10 Å². The highest BCUT2D eigenvalue weighted by molar-refractivity contribution is 7.09. The molecule has 1 N–H and O–H groups in total. The Kier molecular flexibility index (Phi) is 3.38. The molecule has 7 nitrogen and oxygen atoms in total. The second-order valence-electron chi connectivity index (χ2n) is 5.47. The monoisotopic (exact) mass is 315 g/mol. The van der Waals surface area contributed by atoms with E-state index in [4.69, 9.17) is 0 Å². The minimum Gasteiger partial charge on any atom is -0.350 e. The number of nitrogens with one attached hydrogen (secondary N) is 1. The van der Waals surface area contributed by atoms with Crippen LogP contribution in [-0.4, -0.2) is 43.1 Å². The molecule has 0 saturated carbocycles. The smallest absolute Gasteiger partial charge is 0.243 e. The van der Waals surface area contributed by atoms with E-state index in [0.29, 0.717) is 12.0 Å². The molecule has 4 heterocycles. The maximum Gasteiger partial charge on any atom is 0.243 e. The van der Waals surface area contributed by atoms with Gasteiger partial charge in [0.2, 0.25) is 11.1 Å². The number of pyridine rings is 1. The second kappa shape index (κ2) is 5.53. The van der Waals surface area contributed by atoms with Crippen LogP contribution in [0.3, 0.4) is 0 Å². The number of piperidine rings is 1. The lowest BCUT2D eigenvalue weighted by atomic mass is 10.1. The predicted molar refractivity (Wildman–Crippen MR) is 86.5 cm³/mol. The zero-order valence-corrected chi connectivity index (χ0v) is 13.1. The molecule has 0 amide bonds. The molecule has 0 bridgehead atoms. The van der Waals surface area contributed by atoms with Crippen LogP contribution in [0.25, 0.3) is 5.65 Å². The first-order valence-electron chi connectivity index (χ1n) is 7.41. The lowest BCUT2D eigenvalue weighted by Crippen LogP contribution is -2.39. The molecule has 22 heavy (non-hydrogen) atoms. The van der Waals surface area contributed by atoms with Gasteiger partial charge in [-0.2, -0.15) is 9.36 Å². The van der Waals surface area contributed by atoms with E-state index < -0.39 is 0 Å². The fourth-order valence-electron chi connectivity index (χ4n) is 2.70. The summed E-state index contributed by atoms with van der Waals surface area (Å²) in [7, 11) is 0. The molecule has 8 heteroatoms. The molecule has 0 radical (unpaired) electrons. The predicted octanol–water partition coefficient (Wildman–Crippen LogP) is 1.97. The number of hydrogen-bond acceptors (Lipinski definition) is 7. The topological polar surface area (TPSA) is 71.2 Å². The molecule has 4 rings (SSSR count). The molecule has 1 saturated heterocycles. The Bertz CT molecular complexity index is 739. The molecule has 0 aliphatic carbocycles. The Morgan fingerprint density at radius 3 is 2.82 bits per heavy atom. The Morgan fingerprint density at radius 2 is 2.09 bits per heavy atom. The minimum absolute atomic E-state index is 0.405. The lowest BCUT2D eigenvalue weighted by Gasteiger charge is -2.31. The summed E-state index contributed by atoms with van der Waals surface area (Å²) < 4.78 is 6.05. The van der Waals surface area contributed by atoms with Crippen LogP contribution in [0.2, 0.25) is 0 Å². The summed E-state index contributed by atoms with van der Waals surface area (Å²) in [6.45, 7) is 3.91. The number of nitrogens with zero attached hydrogens (tertiary/aromatic N) is 6. The standard InChI is InChI=1S/C14H17N7S/c1-10-15-14(22-19-10)20-8-5-11(6-9-20)16-13-17-12-4-2-3-7-21(12)18-13/h2-4,7,11H,5-6,8-9H2,1H3,(H,16,18). The highest BCUT2D eigenvalue weighted by Crippen LogP contribution is 2.23. The van der Waals surface area contributed by atoms with E-state index in [1.807, 2.05) is 31.3 Å². The van der Waals surface area contributed by atoms with E-state index in [1.54, 1.807) is 4.52 Å². The molecule has 1 aliphatic rings. The van der Waals surface area contributed by atoms with Crippen molar-refractivity contribution in [2.24, 2.45) is 0 Å². The number of anilines is 2. The van der Waals surface area contributed by atoms with Gasteiger partial charge in [-0.25, -0.2) is 9.50 Å². The number of aryl methyl sites for hydroxylation is 1. The minimum atomic E-state index is 0.405. The van der Waals surface area contributed by atoms with E-state index in [0.717, 1.165) is 42.5 Å². The molecule has 0 unspecified atom stereocenters. The summed E-state index contributed by atoms with van der Waals surface area (Å²) in [4.78, 5) is 11.3. The SMILES string of the molecule is Cc1nsc(N2CCC(Nc3nc4ccccn4n3)CC2)n1. The number of hydrogen-bond donors (Lipinski definition) is 1. The number of rotatable bonds is 3. The van der Waals surface area contributed by atoms with Gasteiger partial charge in [-0.1, -0.05) is 6.07 Å². The first-order valence-corrected chi connectivity index (χ1v) is 8.18. The van der Waals surface area contributed by atoms with Gasteiger partial charge in [-0.3, -0.25) is 0 Å². The molecule has 1 fully saturated rings. The van der Waals surface area contributed by atoms with Crippen molar-refractivity contribution in [1.82, 2.24) is 24.0 Å². The quantitative estimate of drug-likeness (QED) is 0.797. The molecule has 114 valence electrons. The van der Waals surface area contributed by atoms with Gasteiger partial charge in [-0.05, 0) is 31.9 Å². The third kappa shape index (κ3) is 2.61. The Balaban J connectivity index is 1.39. The third-order valence-corrected chi connectivity index (χ3v) is 4.73. The van der Waals surface area contributed by atoms with Gasteiger partial charge >= 0.3 is 0 Å². The van der Waals surface area contributed by atoms with Gasteiger partial charge in [0, 0.05) is 36.9 Å². The van der Waals surface area contributed by atoms with E-state index in [1.165, 1.54) is 11.5 Å². The first kappa shape index (κ1) is 13.4. The molecule has 3 aromatic rings. The number of fused-ring (bicyclic) bond motifs is 1. The van der Waals surface area contributed by atoms with Crippen LogP contribution in [0, 0.1) is 6.92 Å². The zero-order valence-electron chi connectivity index (χ0n) is 12.3. The van der Waals surface area contributed by atoms with Crippen molar-refractivity contribution in [3.8, 4) is 0 Å². The molecular formula is C14H17N7S. The first-order chi connectivity index (χ1) is 10.8. The fraction of sp³-hybridized carbons (Fsp3) is 0.429. The van der Waals surface area contributed by atoms with Crippen LogP contribution in [-0.2, 0) is 0 Å². The van der Waals surface area contributed by atoms with Crippen LogP contribution in [0.1, 0.15) is 18.7 Å². The summed E-state index contributed by atoms with van der Waals surface area (Å²) >= 11 is 1.48. The van der Waals surface area contributed by atoms with Crippen molar-refractivity contribution >= 4 is 28.3 Å². The zero-order chi connectivity index (χ0) is 14.9. The second-order valence-corrected chi connectivity index (χ2v) is 6.20. The number of aromatic nitrogens is 5. The summed E-state index contributed by atoms with van der Waals surface area (Å²) in [6, 6.07) is 6.28. The van der Waals surface area contributed by atoms with E-state index in [9.17, 15) is 0 Å². The van der Waals surface area contributed by atoms with Crippen LogP contribution in [0.5, 0.6) is 0 Å². The van der Waals surface area contributed by atoms with E-state index in [2.05, 4.69) is 29.7 Å². The van der Waals surface area contributed by atoms with Crippen molar-refractivity contribution < 1.29 is 0 Å². The Labute approximate surface area is 132 Å². The Hall–Kier alpha value is -2.22. The van der Waals surface area contributed by atoms with Gasteiger partial charge in [0.15, 0.2) is 5.65 Å². The third-order valence-electron chi connectivity index (χ3n) is 3.86. The van der Waals surface area contributed by atoms with Crippen LogP contribution in [0.15, 0.2) is 24.4 Å². The van der Waals surface area contributed by atoms with Crippen LogP contribution in [0.4, 0.5) is 11.1 Å². The average Bonchev–Trinajstić information content (AvgIpc) is 3.13. The summed E-state index contributed by atoms with van der Waals surface area (Å²) in [5.41, 5.74) is 0.867. The highest BCUT2D eigenvalue weighted by atomic mass is 32.1. The van der Waals surface area contributed by atoms with Gasteiger partial charge in [0.05, 0.1) is 0 Å². The van der Waals surface area contributed by atoms with Crippen molar-refractivity contribution in [3.05, 3.63) is 30.2 Å². The maximum atomic E-state index is 4.49. The average molecular weight is 315 g/mol. The van der Waals surface area contributed by atoms with E-state index >= 15 is 0 Å². The van der Waals surface area contributed by atoms with Crippen LogP contribution < -0.4 is 10.2 Å². The summed E-state index contributed by atoms with van der Waals surface area (Å²) in [5, 5.41) is 8.92. The molecule has 0 aromatic carbocycles. The molecule has 0 atom stereocenters. The largest absolute Gasteiger partial charge is 0.350 e. The Morgan fingerprint density at radius 1 is 1.23 bits per heavy atom. The lowest BCUT2D eigenvalue weighted by molar-refractivity contribution is 0.523. The molecule has 0 spiro atoms. The van der Waals surface area contributed by atoms with Gasteiger partial charge < -0.3 is 10.2 Å². The van der Waals surface area contributed by atoms with Gasteiger partial charge in [0.1, 0.15) is 5.82 Å². The van der Waals surface area contributed by atoms with Gasteiger partial charge in [0.25, 0.3) is 0 Å². The van der Waals surface area contributed by atoms with Crippen LogP contribution >= 0.6 is 11.5 Å². The van der Waals surface area contributed by atoms with E-state index in [-0.39, 0.29) is 0 Å². The molecule has 3 aromatic heterocycles. The van der Waals surface area contributed by atoms with Crippen molar-refractivity contribution in [1.29, 1.82) is 0 Å². The summed E-state index contributed by atoms with van der Waals surface area (Å²) in [6.07, 6.45) is 4.01. The summed E-state index contributed by atoms with van der Waals surface area (Å²) in [5.74, 6) is 1.56. The van der Waals surface area contributed by atoms with Crippen molar-refractivity contribution in [3.63, 3.8) is 0 Å². The normalized spacial score (nSPS) is 16.3.